The maximum Gasteiger partial charge on any atom is 0.338 e. The molecule has 0 bridgehead atoms. The topological polar surface area (TPSA) is 67.9 Å². The van der Waals surface area contributed by atoms with Crippen molar-refractivity contribution in [1.29, 1.82) is 0 Å². The van der Waals surface area contributed by atoms with Gasteiger partial charge in [0.2, 0.25) is 0 Å². The molecule has 1 heterocycles. The first-order valence-corrected chi connectivity index (χ1v) is 8.52. The summed E-state index contributed by atoms with van der Waals surface area (Å²) in [5, 5.41) is 2.83. The molecule has 2 aliphatic rings. The predicted molar refractivity (Wildman–Crippen MR) is 88.6 cm³/mol. The van der Waals surface area contributed by atoms with Gasteiger partial charge in [-0.2, -0.15) is 0 Å². The molecule has 6 nitrogen and oxygen atoms in total. The number of benzene rings is 1. The SMILES string of the molecule is C[C@@H](OC(=O)c1ccc(CN2CCOCC2)cc1)C(=O)NC1CC1. The molecule has 1 aliphatic carbocycles. The second-order valence-electron chi connectivity index (χ2n) is 6.42. The maximum atomic E-state index is 12.1. The number of morpholine rings is 1. The Balaban J connectivity index is 1.50. The molecule has 0 aromatic heterocycles. The lowest BCUT2D eigenvalue weighted by Gasteiger charge is -2.26. The second-order valence-corrected chi connectivity index (χ2v) is 6.42. The fraction of sp³-hybridized carbons (Fsp3) is 0.556. The lowest BCUT2D eigenvalue weighted by molar-refractivity contribution is -0.129. The number of hydrogen-bond donors (Lipinski definition) is 1. The molecule has 2 fully saturated rings. The lowest BCUT2D eigenvalue weighted by Crippen LogP contribution is -2.37. The summed E-state index contributed by atoms with van der Waals surface area (Å²) < 4.78 is 10.6. The van der Waals surface area contributed by atoms with E-state index in [2.05, 4.69) is 10.2 Å². The molecule has 1 amide bonds. The monoisotopic (exact) mass is 332 g/mol. The lowest BCUT2D eigenvalue weighted by atomic mass is 10.1. The van der Waals surface area contributed by atoms with Gasteiger partial charge in [-0.15, -0.1) is 0 Å². The molecule has 1 saturated heterocycles. The largest absolute Gasteiger partial charge is 0.449 e. The Labute approximate surface area is 142 Å². The van der Waals surface area contributed by atoms with Crippen LogP contribution in [0.15, 0.2) is 24.3 Å². The normalized spacial score (nSPS) is 19.5. The first-order chi connectivity index (χ1) is 11.6. The zero-order chi connectivity index (χ0) is 16.9. The third kappa shape index (κ3) is 4.79. The van der Waals surface area contributed by atoms with Crippen molar-refractivity contribution in [2.24, 2.45) is 0 Å². The summed E-state index contributed by atoms with van der Waals surface area (Å²) in [6.07, 6.45) is 1.25. The Morgan fingerprint density at radius 1 is 1.25 bits per heavy atom. The maximum absolute atomic E-state index is 12.1. The van der Waals surface area contributed by atoms with E-state index in [4.69, 9.17) is 9.47 Å². The van der Waals surface area contributed by atoms with E-state index in [1.54, 1.807) is 19.1 Å². The van der Waals surface area contributed by atoms with E-state index in [0.717, 1.165) is 51.3 Å². The average molecular weight is 332 g/mol. The van der Waals surface area contributed by atoms with Crippen molar-refractivity contribution in [3.63, 3.8) is 0 Å². The van der Waals surface area contributed by atoms with Crippen molar-refractivity contribution in [3.8, 4) is 0 Å². The summed E-state index contributed by atoms with van der Waals surface area (Å²) in [4.78, 5) is 26.3. The third-order valence-electron chi connectivity index (χ3n) is 4.28. The van der Waals surface area contributed by atoms with Gasteiger partial charge in [0.1, 0.15) is 0 Å². The fourth-order valence-corrected chi connectivity index (χ4v) is 2.59. The zero-order valence-electron chi connectivity index (χ0n) is 14.0. The summed E-state index contributed by atoms with van der Waals surface area (Å²) in [6, 6.07) is 7.63. The molecule has 1 saturated carbocycles. The molecule has 130 valence electrons. The van der Waals surface area contributed by atoms with Crippen molar-refractivity contribution in [3.05, 3.63) is 35.4 Å². The van der Waals surface area contributed by atoms with Crippen LogP contribution < -0.4 is 5.32 Å². The van der Waals surface area contributed by atoms with Crippen molar-refractivity contribution < 1.29 is 19.1 Å². The summed E-state index contributed by atoms with van der Waals surface area (Å²) in [5.74, 6) is -0.693. The van der Waals surface area contributed by atoms with Crippen LogP contribution in [0.4, 0.5) is 0 Å². The van der Waals surface area contributed by atoms with Gasteiger partial charge in [0.25, 0.3) is 5.91 Å². The summed E-state index contributed by atoms with van der Waals surface area (Å²) in [5.41, 5.74) is 1.61. The molecule has 0 radical (unpaired) electrons. The molecule has 0 spiro atoms. The molecule has 0 unspecified atom stereocenters. The highest BCUT2D eigenvalue weighted by Crippen LogP contribution is 2.19. The van der Waals surface area contributed by atoms with E-state index < -0.39 is 12.1 Å². The standard InChI is InChI=1S/C18H24N2O4/c1-13(17(21)19-16-6-7-16)24-18(22)15-4-2-14(3-5-15)12-20-8-10-23-11-9-20/h2-5,13,16H,6-12H2,1H3,(H,19,21)/t13-/m1/s1. The molecule has 24 heavy (non-hydrogen) atoms. The predicted octanol–water partition coefficient (Wildman–Crippen LogP) is 1.34. The fourth-order valence-electron chi connectivity index (χ4n) is 2.59. The second kappa shape index (κ2) is 7.77. The molecule has 3 rings (SSSR count). The minimum atomic E-state index is -0.772. The highest BCUT2D eigenvalue weighted by Gasteiger charge is 2.27. The Morgan fingerprint density at radius 3 is 2.54 bits per heavy atom. The number of rotatable bonds is 6. The summed E-state index contributed by atoms with van der Waals surface area (Å²) in [6.45, 7) is 5.84. The highest BCUT2D eigenvalue weighted by molar-refractivity contribution is 5.92. The Morgan fingerprint density at radius 2 is 1.92 bits per heavy atom. The quantitative estimate of drug-likeness (QED) is 0.796. The van der Waals surface area contributed by atoms with E-state index in [1.165, 1.54) is 0 Å². The van der Waals surface area contributed by atoms with Gasteiger partial charge in [-0.25, -0.2) is 4.79 Å². The molecular formula is C18H24N2O4. The minimum Gasteiger partial charge on any atom is -0.449 e. The first-order valence-electron chi connectivity index (χ1n) is 8.52. The average Bonchev–Trinajstić information content (AvgIpc) is 3.40. The Hall–Kier alpha value is -1.92. The van der Waals surface area contributed by atoms with Gasteiger partial charge >= 0.3 is 5.97 Å². The first kappa shape index (κ1) is 16.9. The van der Waals surface area contributed by atoms with Crippen LogP contribution in [-0.2, 0) is 20.8 Å². The van der Waals surface area contributed by atoms with E-state index in [0.29, 0.717) is 5.56 Å². The van der Waals surface area contributed by atoms with Crippen LogP contribution in [0.3, 0.4) is 0 Å². The number of nitrogens with one attached hydrogen (secondary N) is 1. The number of esters is 1. The number of carbonyl (C=O) groups excluding carboxylic acids is 2. The van der Waals surface area contributed by atoms with E-state index in [1.807, 2.05) is 12.1 Å². The van der Waals surface area contributed by atoms with Gasteiger partial charge in [-0.3, -0.25) is 9.69 Å². The third-order valence-corrected chi connectivity index (χ3v) is 4.28. The van der Waals surface area contributed by atoms with Gasteiger partial charge in [-0.05, 0) is 37.5 Å². The molecular weight excluding hydrogens is 308 g/mol. The molecule has 1 atom stereocenters. The highest BCUT2D eigenvalue weighted by atomic mass is 16.5. The molecule has 1 aliphatic heterocycles. The van der Waals surface area contributed by atoms with Gasteiger partial charge in [-0.1, -0.05) is 12.1 Å². The van der Waals surface area contributed by atoms with Crippen LogP contribution in [0.2, 0.25) is 0 Å². The summed E-state index contributed by atoms with van der Waals surface area (Å²) >= 11 is 0. The van der Waals surface area contributed by atoms with Crippen LogP contribution in [0.25, 0.3) is 0 Å². The van der Waals surface area contributed by atoms with Crippen LogP contribution in [0.1, 0.15) is 35.7 Å². The van der Waals surface area contributed by atoms with Gasteiger partial charge < -0.3 is 14.8 Å². The van der Waals surface area contributed by atoms with E-state index in [9.17, 15) is 9.59 Å². The van der Waals surface area contributed by atoms with E-state index in [-0.39, 0.29) is 11.9 Å². The van der Waals surface area contributed by atoms with E-state index >= 15 is 0 Å². The molecule has 1 aromatic carbocycles. The molecule has 6 heteroatoms. The van der Waals surface area contributed by atoms with Crippen molar-refractivity contribution in [2.75, 3.05) is 26.3 Å². The Kier molecular flexibility index (Phi) is 5.48. The number of carbonyl (C=O) groups is 2. The number of nitrogens with zero attached hydrogens (tertiary/aromatic N) is 1. The van der Waals surface area contributed by atoms with Crippen molar-refractivity contribution in [2.45, 2.75) is 38.5 Å². The Bertz CT molecular complexity index is 577. The van der Waals surface area contributed by atoms with Gasteiger partial charge in [0.05, 0.1) is 18.8 Å². The zero-order valence-corrected chi connectivity index (χ0v) is 14.0. The van der Waals surface area contributed by atoms with Gasteiger partial charge in [0.15, 0.2) is 6.10 Å². The van der Waals surface area contributed by atoms with Crippen LogP contribution in [0.5, 0.6) is 0 Å². The summed E-state index contributed by atoms with van der Waals surface area (Å²) in [7, 11) is 0. The smallest absolute Gasteiger partial charge is 0.338 e. The molecule has 1 N–H and O–H groups in total. The van der Waals surface area contributed by atoms with Gasteiger partial charge in [0, 0.05) is 25.7 Å². The van der Waals surface area contributed by atoms with Crippen molar-refractivity contribution >= 4 is 11.9 Å². The number of hydrogen-bond acceptors (Lipinski definition) is 5. The minimum absolute atomic E-state index is 0.227. The number of ether oxygens (including phenoxy) is 2. The number of amides is 1. The van der Waals surface area contributed by atoms with Crippen LogP contribution in [0, 0.1) is 0 Å². The van der Waals surface area contributed by atoms with Crippen LogP contribution >= 0.6 is 0 Å². The van der Waals surface area contributed by atoms with Crippen molar-refractivity contribution in [1.82, 2.24) is 10.2 Å². The molecule has 1 aromatic rings. The van der Waals surface area contributed by atoms with Crippen LogP contribution in [-0.4, -0.2) is 55.2 Å².